The van der Waals surface area contributed by atoms with Gasteiger partial charge in [0.1, 0.15) is 17.5 Å². The average molecular weight is 422 g/mol. The Morgan fingerprint density at radius 1 is 1.27 bits per heavy atom. The van der Waals surface area contributed by atoms with Gasteiger partial charge >= 0.3 is 6.18 Å². The summed E-state index contributed by atoms with van der Waals surface area (Å²) < 4.78 is 43.7. The minimum absolute atomic E-state index is 0.0158. The van der Waals surface area contributed by atoms with E-state index in [1.807, 2.05) is 0 Å². The van der Waals surface area contributed by atoms with Crippen LogP contribution < -0.4 is 16.0 Å². The van der Waals surface area contributed by atoms with Crippen molar-refractivity contribution < 1.29 is 22.7 Å². The summed E-state index contributed by atoms with van der Waals surface area (Å²) in [4.78, 5) is 33.0. The van der Waals surface area contributed by atoms with Crippen LogP contribution in [-0.4, -0.2) is 40.0 Å². The Morgan fingerprint density at radius 2 is 1.90 bits per heavy atom. The summed E-state index contributed by atoms with van der Waals surface area (Å²) in [6.45, 7) is 2.39. The summed E-state index contributed by atoms with van der Waals surface area (Å²) in [5.41, 5.74) is 4.87. The van der Waals surface area contributed by atoms with Crippen molar-refractivity contribution in [2.24, 2.45) is 5.73 Å². The Morgan fingerprint density at radius 3 is 2.47 bits per heavy atom. The molecule has 2 aromatic rings. The average Bonchev–Trinajstić information content (AvgIpc) is 2.71. The quantitative estimate of drug-likeness (QED) is 0.738. The maximum absolute atomic E-state index is 12.8. The molecule has 1 aromatic heterocycles. The zero-order valence-electron chi connectivity index (χ0n) is 16.2. The number of hydrogen-bond donors (Lipinski definition) is 2. The van der Waals surface area contributed by atoms with Crippen molar-refractivity contribution in [1.29, 1.82) is 0 Å². The van der Waals surface area contributed by atoms with E-state index in [-0.39, 0.29) is 17.4 Å². The van der Waals surface area contributed by atoms with Crippen molar-refractivity contribution >= 4 is 11.5 Å². The van der Waals surface area contributed by atoms with Gasteiger partial charge in [0.2, 0.25) is 0 Å². The molecule has 2 heterocycles. The van der Waals surface area contributed by atoms with E-state index in [0.717, 1.165) is 18.3 Å². The van der Waals surface area contributed by atoms with Crippen LogP contribution >= 0.6 is 0 Å². The largest absolute Gasteiger partial charge is 0.490 e. The van der Waals surface area contributed by atoms with Gasteiger partial charge in [-0.3, -0.25) is 9.59 Å². The molecular formula is C20H21F3N4O3. The first kappa shape index (κ1) is 21.4. The predicted octanol–water partition coefficient (Wildman–Crippen LogP) is 2.47. The number of aromatic amines is 1. The van der Waals surface area contributed by atoms with E-state index in [2.05, 4.69) is 9.97 Å². The molecule has 160 valence electrons. The third-order valence-electron chi connectivity index (χ3n) is 4.78. The molecule has 0 atom stereocenters. The Hall–Kier alpha value is -3.30. The minimum atomic E-state index is -4.40. The molecular weight excluding hydrogens is 401 g/mol. The first-order valence-electron chi connectivity index (χ1n) is 9.31. The number of aromatic nitrogens is 2. The molecule has 7 nitrogen and oxygen atoms in total. The Kier molecular flexibility index (Phi) is 6.14. The van der Waals surface area contributed by atoms with Gasteiger partial charge in [-0.25, -0.2) is 4.98 Å². The predicted molar refractivity (Wildman–Crippen MR) is 103 cm³/mol. The smallest absolute Gasteiger partial charge is 0.416 e. The van der Waals surface area contributed by atoms with Crippen LogP contribution in [0, 0.1) is 6.92 Å². The molecule has 1 fully saturated rings. The number of hydrogen-bond acceptors (Lipinski definition) is 5. The first-order chi connectivity index (χ1) is 14.2. The van der Waals surface area contributed by atoms with Crippen molar-refractivity contribution in [2.75, 3.05) is 13.1 Å². The molecule has 0 spiro atoms. The van der Waals surface area contributed by atoms with Crippen molar-refractivity contribution in [3.05, 3.63) is 64.0 Å². The summed E-state index contributed by atoms with van der Waals surface area (Å²) in [6, 6.07) is 4.51. The lowest BCUT2D eigenvalue weighted by Crippen LogP contribution is -2.42. The number of piperidine rings is 1. The van der Waals surface area contributed by atoms with Gasteiger partial charge < -0.3 is 20.4 Å². The normalized spacial score (nSPS) is 15.9. The number of nitrogens with one attached hydrogen (secondary N) is 1. The molecule has 0 aliphatic carbocycles. The standard InChI is InChI=1S/C20H21F3N4O3/c1-12-11-25-18(28)17(26-12)16(10-24)19(29)27-8-6-15(7-9-27)30-14-4-2-13(3-5-14)20(21,22)23/h2-5,10-11,15H,6-9,24H2,1H3,(H,25,28). The molecule has 10 heteroatoms. The van der Waals surface area contributed by atoms with Gasteiger partial charge in [-0.05, 0) is 31.2 Å². The molecule has 0 bridgehead atoms. The van der Waals surface area contributed by atoms with Gasteiger partial charge in [0, 0.05) is 38.3 Å². The van der Waals surface area contributed by atoms with E-state index < -0.39 is 23.2 Å². The monoisotopic (exact) mass is 422 g/mol. The summed E-state index contributed by atoms with van der Waals surface area (Å²) in [5.74, 6) is -0.0695. The molecule has 3 N–H and O–H groups in total. The first-order valence-corrected chi connectivity index (χ1v) is 9.31. The third kappa shape index (κ3) is 4.81. The number of carbonyl (C=O) groups is 1. The second kappa shape index (κ2) is 8.60. The van der Waals surface area contributed by atoms with Gasteiger partial charge in [-0.2, -0.15) is 13.2 Å². The van der Waals surface area contributed by atoms with Crippen LogP contribution in [0.5, 0.6) is 5.75 Å². The minimum Gasteiger partial charge on any atom is -0.490 e. The molecule has 1 aromatic carbocycles. The van der Waals surface area contributed by atoms with Crippen LogP contribution in [-0.2, 0) is 11.0 Å². The maximum Gasteiger partial charge on any atom is 0.416 e. The second-order valence-corrected chi connectivity index (χ2v) is 6.93. The molecule has 0 unspecified atom stereocenters. The number of H-pyrrole nitrogens is 1. The third-order valence-corrected chi connectivity index (χ3v) is 4.78. The molecule has 0 saturated carbocycles. The number of aryl methyl sites for hydroxylation is 1. The molecule has 1 amide bonds. The fraction of sp³-hybridized carbons (Fsp3) is 0.350. The van der Waals surface area contributed by atoms with Crippen molar-refractivity contribution in [3.8, 4) is 5.75 Å². The van der Waals surface area contributed by atoms with Crippen molar-refractivity contribution in [2.45, 2.75) is 32.0 Å². The fourth-order valence-electron chi connectivity index (χ4n) is 3.19. The van der Waals surface area contributed by atoms with E-state index in [1.165, 1.54) is 18.3 Å². The van der Waals surface area contributed by atoms with Gasteiger partial charge in [0.05, 0.1) is 16.8 Å². The number of amides is 1. The van der Waals surface area contributed by atoms with Crippen LogP contribution in [0.15, 0.2) is 41.5 Å². The Bertz CT molecular complexity index is 992. The Balaban J connectivity index is 1.61. The lowest BCUT2D eigenvalue weighted by atomic mass is 10.1. The van der Waals surface area contributed by atoms with Crippen LogP contribution in [0.3, 0.4) is 0 Å². The number of ether oxygens (including phenoxy) is 1. The van der Waals surface area contributed by atoms with E-state index in [0.29, 0.717) is 37.4 Å². The molecule has 3 rings (SSSR count). The number of carbonyl (C=O) groups excluding carboxylic acids is 1. The van der Waals surface area contributed by atoms with E-state index in [4.69, 9.17) is 10.5 Å². The van der Waals surface area contributed by atoms with E-state index in [1.54, 1.807) is 11.8 Å². The highest BCUT2D eigenvalue weighted by molar-refractivity contribution is 6.18. The molecule has 30 heavy (non-hydrogen) atoms. The fourth-order valence-corrected chi connectivity index (χ4v) is 3.19. The highest BCUT2D eigenvalue weighted by atomic mass is 19.4. The number of likely N-dealkylation sites (tertiary alicyclic amines) is 1. The van der Waals surface area contributed by atoms with Crippen LogP contribution in [0.25, 0.3) is 5.57 Å². The summed E-state index contributed by atoms with van der Waals surface area (Å²) in [5, 5.41) is 0. The molecule has 1 aliphatic rings. The maximum atomic E-state index is 12.8. The van der Waals surface area contributed by atoms with Gasteiger partial charge in [-0.1, -0.05) is 0 Å². The number of rotatable bonds is 4. The van der Waals surface area contributed by atoms with Crippen LogP contribution in [0.2, 0.25) is 0 Å². The zero-order valence-corrected chi connectivity index (χ0v) is 16.2. The highest BCUT2D eigenvalue weighted by Crippen LogP contribution is 2.31. The number of benzene rings is 1. The Labute approximate surface area is 170 Å². The second-order valence-electron chi connectivity index (χ2n) is 6.93. The number of nitrogens with zero attached hydrogens (tertiary/aromatic N) is 2. The molecule has 1 saturated heterocycles. The van der Waals surface area contributed by atoms with Gasteiger partial charge in [0.15, 0.2) is 0 Å². The van der Waals surface area contributed by atoms with E-state index >= 15 is 0 Å². The van der Waals surface area contributed by atoms with Gasteiger partial charge in [0.25, 0.3) is 11.5 Å². The summed E-state index contributed by atoms with van der Waals surface area (Å²) in [6.07, 6.45) is -1.15. The van der Waals surface area contributed by atoms with Crippen molar-refractivity contribution in [1.82, 2.24) is 14.9 Å². The molecule has 1 aliphatic heterocycles. The van der Waals surface area contributed by atoms with E-state index in [9.17, 15) is 22.8 Å². The SMILES string of the molecule is Cc1c[nH]c(=O)c(C(=CN)C(=O)N2CCC(Oc3ccc(C(F)(F)F)cc3)CC2)n1. The number of halogens is 3. The lowest BCUT2D eigenvalue weighted by Gasteiger charge is -2.32. The number of alkyl halides is 3. The summed E-state index contributed by atoms with van der Waals surface area (Å²) >= 11 is 0. The zero-order chi connectivity index (χ0) is 21.9. The topological polar surface area (TPSA) is 101 Å². The lowest BCUT2D eigenvalue weighted by molar-refractivity contribution is -0.137. The van der Waals surface area contributed by atoms with Crippen LogP contribution in [0.1, 0.15) is 29.8 Å². The molecule has 0 radical (unpaired) electrons. The highest BCUT2D eigenvalue weighted by Gasteiger charge is 2.31. The van der Waals surface area contributed by atoms with Crippen LogP contribution in [0.4, 0.5) is 13.2 Å². The van der Waals surface area contributed by atoms with Gasteiger partial charge in [-0.15, -0.1) is 0 Å². The number of nitrogens with two attached hydrogens (primary N) is 1. The summed E-state index contributed by atoms with van der Waals surface area (Å²) in [7, 11) is 0. The van der Waals surface area contributed by atoms with Crippen molar-refractivity contribution in [3.63, 3.8) is 0 Å².